The first-order valence-corrected chi connectivity index (χ1v) is 8.57. The van der Waals surface area contributed by atoms with Gasteiger partial charge in [0, 0.05) is 19.2 Å². The Hall–Kier alpha value is -2.18. The molecule has 0 aliphatic carbocycles. The topological polar surface area (TPSA) is 67.6 Å². The van der Waals surface area contributed by atoms with Crippen molar-refractivity contribution in [2.45, 2.75) is 32.4 Å². The number of rotatable bonds is 5. The summed E-state index contributed by atoms with van der Waals surface area (Å²) in [5.74, 6) is -0.00605. The molecule has 0 unspecified atom stereocenters. The first kappa shape index (κ1) is 17.6. The predicted octanol–water partition coefficient (Wildman–Crippen LogP) is 1.33. The van der Waals surface area contributed by atoms with Crippen molar-refractivity contribution in [1.29, 1.82) is 0 Å². The van der Waals surface area contributed by atoms with E-state index < -0.39 is 5.60 Å². The van der Waals surface area contributed by atoms with Gasteiger partial charge < -0.3 is 14.7 Å². The molecular formula is C19H25N3O3. The van der Waals surface area contributed by atoms with Crippen LogP contribution in [0.25, 0.3) is 0 Å². The van der Waals surface area contributed by atoms with Crippen LogP contribution in [0.3, 0.4) is 0 Å². The molecule has 1 atom stereocenters. The van der Waals surface area contributed by atoms with Crippen LogP contribution in [-0.2, 0) is 22.5 Å². The highest BCUT2D eigenvalue weighted by atomic mass is 16.5. The van der Waals surface area contributed by atoms with Gasteiger partial charge in [-0.2, -0.15) is 5.10 Å². The number of aryl methyl sites for hydroxylation is 2. The van der Waals surface area contributed by atoms with E-state index >= 15 is 0 Å². The smallest absolute Gasteiger partial charge is 0.244 e. The Morgan fingerprint density at radius 2 is 2.20 bits per heavy atom. The standard InChI is InChI=1S/C19H25N3O3/c1-15-4-3-5-17(8-15)9-19(14-23)13-21(6-7-25-19)18(24)12-22-11-16(2)10-20-22/h3-5,8,10-11,23H,6-7,9,12-14H2,1-2H3/t19-/m0/s1. The number of hydrogen-bond donors (Lipinski definition) is 1. The third kappa shape index (κ3) is 4.27. The second kappa shape index (κ2) is 7.37. The summed E-state index contributed by atoms with van der Waals surface area (Å²) in [7, 11) is 0. The molecular weight excluding hydrogens is 318 g/mol. The summed E-state index contributed by atoms with van der Waals surface area (Å²) in [5.41, 5.74) is 2.55. The van der Waals surface area contributed by atoms with Crippen LogP contribution in [0, 0.1) is 13.8 Å². The number of morpholine rings is 1. The van der Waals surface area contributed by atoms with Crippen LogP contribution in [0.2, 0.25) is 0 Å². The van der Waals surface area contributed by atoms with Crippen LogP contribution >= 0.6 is 0 Å². The minimum Gasteiger partial charge on any atom is -0.393 e. The van der Waals surface area contributed by atoms with Crippen molar-refractivity contribution in [1.82, 2.24) is 14.7 Å². The number of ether oxygens (including phenoxy) is 1. The zero-order valence-electron chi connectivity index (χ0n) is 14.8. The number of nitrogens with zero attached hydrogens (tertiary/aromatic N) is 3. The van der Waals surface area contributed by atoms with Crippen molar-refractivity contribution in [3.8, 4) is 0 Å². The first-order valence-electron chi connectivity index (χ1n) is 8.57. The van der Waals surface area contributed by atoms with Crippen LogP contribution in [-0.4, -0.2) is 57.6 Å². The van der Waals surface area contributed by atoms with Gasteiger partial charge in [0.15, 0.2) is 0 Å². The molecule has 1 amide bonds. The molecule has 1 aliphatic heterocycles. The quantitative estimate of drug-likeness (QED) is 0.889. The lowest BCUT2D eigenvalue weighted by atomic mass is 9.92. The highest BCUT2D eigenvalue weighted by molar-refractivity contribution is 5.76. The van der Waals surface area contributed by atoms with Gasteiger partial charge in [-0.1, -0.05) is 29.8 Å². The van der Waals surface area contributed by atoms with Crippen LogP contribution in [0.4, 0.5) is 0 Å². The molecule has 1 aromatic heterocycles. The lowest BCUT2D eigenvalue weighted by Gasteiger charge is -2.42. The molecule has 6 heteroatoms. The molecule has 1 aromatic carbocycles. The highest BCUT2D eigenvalue weighted by Gasteiger charge is 2.38. The Labute approximate surface area is 148 Å². The number of aliphatic hydroxyl groups is 1. The van der Waals surface area contributed by atoms with E-state index in [0.717, 1.165) is 11.1 Å². The zero-order chi connectivity index (χ0) is 17.9. The third-order valence-electron chi connectivity index (χ3n) is 4.56. The Morgan fingerprint density at radius 1 is 1.36 bits per heavy atom. The summed E-state index contributed by atoms with van der Waals surface area (Å²) in [4.78, 5) is 14.4. The number of aromatic nitrogens is 2. The summed E-state index contributed by atoms with van der Waals surface area (Å²) < 4.78 is 7.57. The minimum absolute atomic E-state index is 0.00605. The van der Waals surface area contributed by atoms with Gasteiger partial charge in [0.05, 0.1) is 26.0 Å². The fourth-order valence-electron chi connectivity index (χ4n) is 3.30. The highest BCUT2D eigenvalue weighted by Crippen LogP contribution is 2.24. The molecule has 0 spiro atoms. The van der Waals surface area contributed by atoms with Gasteiger partial charge >= 0.3 is 0 Å². The fraction of sp³-hybridized carbons (Fsp3) is 0.474. The average Bonchev–Trinajstić information content (AvgIpc) is 3.00. The number of carbonyl (C=O) groups is 1. The maximum absolute atomic E-state index is 12.6. The van der Waals surface area contributed by atoms with E-state index in [1.807, 2.05) is 38.2 Å². The molecule has 3 rings (SSSR count). The van der Waals surface area contributed by atoms with Gasteiger partial charge in [-0.05, 0) is 25.0 Å². The monoisotopic (exact) mass is 343 g/mol. The Kier molecular flexibility index (Phi) is 5.20. The summed E-state index contributed by atoms with van der Waals surface area (Å²) in [6.45, 7) is 5.42. The molecule has 134 valence electrons. The van der Waals surface area contributed by atoms with Crippen molar-refractivity contribution in [3.63, 3.8) is 0 Å². The normalized spacial score (nSPS) is 20.7. The molecule has 1 N–H and O–H groups in total. The molecule has 0 saturated carbocycles. The molecule has 1 aliphatic rings. The number of carbonyl (C=O) groups excluding carboxylic acids is 1. The van der Waals surface area contributed by atoms with Gasteiger partial charge in [0.2, 0.25) is 5.91 Å². The summed E-state index contributed by atoms with van der Waals surface area (Å²) in [6.07, 6.45) is 4.17. The van der Waals surface area contributed by atoms with Crippen molar-refractivity contribution in [3.05, 3.63) is 53.3 Å². The molecule has 0 radical (unpaired) electrons. The van der Waals surface area contributed by atoms with E-state index in [0.29, 0.717) is 26.1 Å². The number of benzene rings is 1. The van der Waals surface area contributed by atoms with E-state index in [9.17, 15) is 9.90 Å². The molecule has 0 bridgehead atoms. The SMILES string of the molecule is Cc1cccc(C[C@@]2(CO)CN(C(=O)Cn3cc(C)cn3)CCO2)c1. The van der Waals surface area contributed by atoms with Crippen molar-refractivity contribution in [2.75, 3.05) is 26.3 Å². The largest absolute Gasteiger partial charge is 0.393 e. The first-order chi connectivity index (χ1) is 12.0. The van der Waals surface area contributed by atoms with E-state index in [2.05, 4.69) is 11.2 Å². The van der Waals surface area contributed by atoms with Gasteiger partial charge in [0.1, 0.15) is 12.1 Å². The second-order valence-electron chi connectivity index (χ2n) is 6.89. The zero-order valence-corrected chi connectivity index (χ0v) is 14.8. The predicted molar refractivity (Wildman–Crippen MR) is 94.2 cm³/mol. The van der Waals surface area contributed by atoms with Crippen LogP contribution < -0.4 is 0 Å². The van der Waals surface area contributed by atoms with Crippen LogP contribution in [0.1, 0.15) is 16.7 Å². The number of hydrogen-bond acceptors (Lipinski definition) is 4. The number of amides is 1. The molecule has 2 heterocycles. The summed E-state index contributed by atoms with van der Waals surface area (Å²) in [5, 5.41) is 14.2. The lowest BCUT2D eigenvalue weighted by Crippen LogP contribution is -2.57. The summed E-state index contributed by atoms with van der Waals surface area (Å²) in [6, 6.07) is 8.16. The lowest BCUT2D eigenvalue weighted by molar-refractivity contribution is -0.158. The molecule has 1 fully saturated rings. The Bertz CT molecular complexity index is 743. The van der Waals surface area contributed by atoms with E-state index in [1.54, 1.807) is 15.8 Å². The van der Waals surface area contributed by atoms with Crippen molar-refractivity contribution < 1.29 is 14.6 Å². The number of aliphatic hydroxyl groups excluding tert-OH is 1. The molecule has 25 heavy (non-hydrogen) atoms. The summed E-state index contributed by atoms with van der Waals surface area (Å²) >= 11 is 0. The maximum atomic E-state index is 12.6. The van der Waals surface area contributed by atoms with Crippen molar-refractivity contribution in [2.24, 2.45) is 0 Å². The van der Waals surface area contributed by atoms with Gasteiger partial charge in [0.25, 0.3) is 0 Å². The fourth-order valence-corrected chi connectivity index (χ4v) is 3.30. The van der Waals surface area contributed by atoms with Gasteiger partial charge in [-0.25, -0.2) is 0 Å². The third-order valence-corrected chi connectivity index (χ3v) is 4.56. The molecule has 1 saturated heterocycles. The minimum atomic E-state index is -0.748. The van der Waals surface area contributed by atoms with Crippen LogP contribution in [0.15, 0.2) is 36.7 Å². The van der Waals surface area contributed by atoms with E-state index in [4.69, 9.17) is 4.74 Å². The van der Waals surface area contributed by atoms with E-state index in [-0.39, 0.29) is 19.1 Å². The Morgan fingerprint density at radius 3 is 2.88 bits per heavy atom. The molecule has 6 nitrogen and oxygen atoms in total. The molecule has 2 aromatic rings. The van der Waals surface area contributed by atoms with Gasteiger partial charge in [-0.3, -0.25) is 9.48 Å². The van der Waals surface area contributed by atoms with Gasteiger partial charge in [-0.15, -0.1) is 0 Å². The Balaban J connectivity index is 1.70. The average molecular weight is 343 g/mol. The second-order valence-corrected chi connectivity index (χ2v) is 6.89. The van der Waals surface area contributed by atoms with Crippen molar-refractivity contribution >= 4 is 5.91 Å². The maximum Gasteiger partial charge on any atom is 0.244 e. The van der Waals surface area contributed by atoms with Crippen LogP contribution in [0.5, 0.6) is 0 Å². The van der Waals surface area contributed by atoms with E-state index in [1.165, 1.54) is 5.56 Å².